The lowest BCUT2D eigenvalue weighted by Crippen LogP contribution is -2.51. The van der Waals surface area contributed by atoms with E-state index in [1.54, 1.807) is 26.0 Å². The molecule has 3 nitrogen and oxygen atoms in total. The molecule has 1 amide bonds. The molecule has 1 N–H and O–H groups in total. The highest BCUT2D eigenvalue weighted by Crippen LogP contribution is 2.32. The molecule has 1 saturated heterocycles. The second-order valence-corrected chi connectivity index (χ2v) is 6.38. The molecule has 22 heavy (non-hydrogen) atoms. The number of nitrogens with one attached hydrogen (secondary N) is 1. The number of hydrogen-bond donors (Lipinski definition) is 1. The molecule has 0 bridgehead atoms. The fourth-order valence-electron chi connectivity index (χ4n) is 2.54. The number of carbonyl (C=O) groups is 1. The summed E-state index contributed by atoms with van der Waals surface area (Å²) in [5, 5.41) is 1.02. The Morgan fingerprint density at radius 3 is 2.18 bits per heavy atom. The van der Waals surface area contributed by atoms with Gasteiger partial charge in [-0.2, -0.15) is 13.2 Å². The van der Waals surface area contributed by atoms with E-state index in [2.05, 4.69) is 5.43 Å². The number of hydrazine groups is 1. The van der Waals surface area contributed by atoms with Crippen molar-refractivity contribution in [2.24, 2.45) is 5.41 Å². The molecule has 0 saturated carbocycles. The van der Waals surface area contributed by atoms with Crippen molar-refractivity contribution in [2.45, 2.75) is 45.8 Å². The van der Waals surface area contributed by atoms with Crippen LogP contribution in [-0.2, 0) is 17.6 Å². The molecule has 0 radical (unpaired) electrons. The summed E-state index contributed by atoms with van der Waals surface area (Å²) in [6.45, 7) is 5.33. The minimum Gasteiger partial charge on any atom is -0.288 e. The first-order valence-electron chi connectivity index (χ1n) is 7.36. The molecule has 1 fully saturated rings. The first kappa shape index (κ1) is 16.8. The number of rotatable bonds is 4. The van der Waals surface area contributed by atoms with Crippen molar-refractivity contribution in [3.8, 4) is 0 Å². The van der Waals surface area contributed by atoms with E-state index in [0.717, 1.165) is 17.0 Å². The fourth-order valence-corrected chi connectivity index (χ4v) is 2.54. The Balaban J connectivity index is 2.19. The zero-order chi connectivity index (χ0) is 16.5. The number of hydrogen-bond acceptors (Lipinski definition) is 2. The lowest BCUT2D eigenvalue weighted by Gasteiger charge is -2.29. The van der Waals surface area contributed by atoms with Crippen LogP contribution in [0.25, 0.3) is 0 Å². The smallest absolute Gasteiger partial charge is 0.288 e. The molecule has 1 aromatic rings. The number of aryl methyl sites for hydroxylation is 1. The Hall–Kier alpha value is -1.56. The zero-order valence-electron chi connectivity index (χ0n) is 13.0. The van der Waals surface area contributed by atoms with Gasteiger partial charge in [-0.05, 0) is 37.8 Å². The summed E-state index contributed by atoms with van der Waals surface area (Å²) in [5.74, 6) is -0.372. The van der Waals surface area contributed by atoms with Gasteiger partial charge in [-0.3, -0.25) is 10.2 Å². The van der Waals surface area contributed by atoms with Crippen molar-refractivity contribution < 1.29 is 18.0 Å². The van der Waals surface area contributed by atoms with E-state index in [1.165, 1.54) is 0 Å². The molecular weight excluding hydrogens is 293 g/mol. The van der Waals surface area contributed by atoms with Gasteiger partial charge in [0, 0.05) is 6.54 Å². The largest absolute Gasteiger partial charge is 0.406 e. The van der Waals surface area contributed by atoms with Gasteiger partial charge >= 0.3 is 6.18 Å². The van der Waals surface area contributed by atoms with Crippen molar-refractivity contribution in [1.29, 1.82) is 0 Å². The maximum Gasteiger partial charge on any atom is 0.406 e. The number of amides is 1. The Labute approximate surface area is 128 Å². The minimum absolute atomic E-state index is 0.0447. The third-order valence-electron chi connectivity index (χ3n) is 4.04. The summed E-state index contributed by atoms with van der Waals surface area (Å²) in [6.07, 6.45) is -3.74. The third kappa shape index (κ3) is 3.61. The lowest BCUT2D eigenvalue weighted by molar-refractivity contribution is -0.188. The summed E-state index contributed by atoms with van der Waals surface area (Å²) in [5.41, 5.74) is 3.25. The third-order valence-corrected chi connectivity index (χ3v) is 4.04. The molecule has 1 atom stereocenters. The van der Waals surface area contributed by atoms with Gasteiger partial charge in [0.1, 0.15) is 6.04 Å². The molecule has 6 heteroatoms. The maximum atomic E-state index is 13.4. The molecule has 0 spiro atoms. The summed E-state index contributed by atoms with van der Waals surface area (Å²) in [7, 11) is 0. The highest BCUT2D eigenvalue weighted by Gasteiger charge is 2.50. The predicted molar refractivity (Wildman–Crippen MR) is 78.0 cm³/mol. The van der Waals surface area contributed by atoms with Crippen molar-refractivity contribution in [3.05, 3.63) is 35.4 Å². The average molecular weight is 314 g/mol. The summed E-state index contributed by atoms with van der Waals surface area (Å²) in [4.78, 5) is 11.8. The van der Waals surface area contributed by atoms with E-state index in [-0.39, 0.29) is 18.9 Å². The summed E-state index contributed by atoms with van der Waals surface area (Å²) in [6, 6.07) is 5.41. The molecule has 1 aliphatic rings. The van der Waals surface area contributed by atoms with Gasteiger partial charge in [-0.25, -0.2) is 5.01 Å². The fraction of sp³-hybridized carbons (Fsp3) is 0.562. The monoisotopic (exact) mass is 314 g/mol. The Morgan fingerprint density at radius 2 is 1.77 bits per heavy atom. The minimum atomic E-state index is -4.41. The maximum absolute atomic E-state index is 13.4. The van der Waals surface area contributed by atoms with E-state index < -0.39 is 17.6 Å². The van der Waals surface area contributed by atoms with Gasteiger partial charge in [-0.1, -0.05) is 31.2 Å². The molecule has 1 heterocycles. The van der Waals surface area contributed by atoms with E-state index in [1.807, 2.05) is 19.1 Å². The summed E-state index contributed by atoms with van der Waals surface area (Å²) < 4.78 is 40.2. The van der Waals surface area contributed by atoms with Gasteiger partial charge < -0.3 is 0 Å². The topological polar surface area (TPSA) is 32.3 Å². The molecule has 122 valence electrons. The van der Waals surface area contributed by atoms with Crippen LogP contribution in [0.5, 0.6) is 0 Å². The molecule has 2 rings (SSSR count). The highest BCUT2D eigenvalue weighted by molar-refractivity contribution is 5.83. The van der Waals surface area contributed by atoms with Crippen LogP contribution in [0.3, 0.4) is 0 Å². The number of benzene rings is 1. The van der Waals surface area contributed by atoms with Gasteiger partial charge in [0.15, 0.2) is 0 Å². The molecule has 1 aliphatic heterocycles. The molecule has 0 aliphatic carbocycles. The van der Waals surface area contributed by atoms with Crippen LogP contribution in [0, 0.1) is 5.41 Å². The normalized spacial score (nSPS) is 20.0. The number of halogens is 3. The first-order chi connectivity index (χ1) is 10.1. The van der Waals surface area contributed by atoms with Crippen molar-refractivity contribution in [2.75, 3.05) is 6.54 Å². The van der Waals surface area contributed by atoms with Crippen LogP contribution in [0.1, 0.15) is 31.9 Å². The van der Waals surface area contributed by atoms with Gasteiger partial charge in [0.2, 0.25) is 5.91 Å². The van der Waals surface area contributed by atoms with Crippen LogP contribution in [0.15, 0.2) is 24.3 Å². The average Bonchev–Trinajstić information content (AvgIpc) is 2.69. The van der Waals surface area contributed by atoms with Crippen molar-refractivity contribution in [3.63, 3.8) is 0 Å². The number of nitrogens with zero attached hydrogens (tertiary/aromatic N) is 1. The van der Waals surface area contributed by atoms with Gasteiger partial charge in [0.25, 0.3) is 0 Å². The predicted octanol–water partition coefficient (Wildman–Crippen LogP) is 3.10. The van der Waals surface area contributed by atoms with Crippen LogP contribution in [-0.4, -0.2) is 29.7 Å². The van der Waals surface area contributed by atoms with Crippen LogP contribution in [0.2, 0.25) is 0 Å². The van der Waals surface area contributed by atoms with Crippen LogP contribution >= 0.6 is 0 Å². The van der Waals surface area contributed by atoms with Crippen LogP contribution in [0.4, 0.5) is 13.2 Å². The second-order valence-electron chi connectivity index (χ2n) is 6.38. The lowest BCUT2D eigenvalue weighted by atomic mass is 9.93. The zero-order valence-corrected chi connectivity index (χ0v) is 13.0. The Morgan fingerprint density at radius 1 is 1.23 bits per heavy atom. The van der Waals surface area contributed by atoms with Crippen molar-refractivity contribution in [1.82, 2.24) is 10.4 Å². The van der Waals surface area contributed by atoms with Gasteiger partial charge in [0.05, 0.1) is 5.41 Å². The molecule has 1 aromatic carbocycles. The quantitative estimate of drug-likeness (QED) is 0.926. The standard InChI is InChI=1S/C16H21F3N2O/c1-4-11-5-7-12(8-6-11)9-13(16(17,18)19)21-10-15(2,3)14(22)20-21/h5-8,13H,4,9-10H2,1-3H3,(H,20,22). The highest BCUT2D eigenvalue weighted by atomic mass is 19.4. The van der Waals surface area contributed by atoms with E-state index >= 15 is 0 Å². The van der Waals surface area contributed by atoms with E-state index in [0.29, 0.717) is 5.56 Å². The number of alkyl halides is 3. The van der Waals surface area contributed by atoms with E-state index in [4.69, 9.17) is 0 Å². The number of carbonyl (C=O) groups excluding carboxylic acids is 1. The summed E-state index contributed by atoms with van der Waals surface area (Å²) >= 11 is 0. The molecule has 1 unspecified atom stereocenters. The Kier molecular flexibility index (Phi) is 4.52. The van der Waals surface area contributed by atoms with Crippen LogP contribution < -0.4 is 5.43 Å². The molecular formula is C16H21F3N2O. The van der Waals surface area contributed by atoms with Gasteiger partial charge in [-0.15, -0.1) is 0 Å². The Bertz CT molecular complexity index is 537. The SMILES string of the molecule is CCc1ccc(CC(N2CC(C)(C)C(=O)N2)C(F)(F)F)cc1. The first-order valence-corrected chi connectivity index (χ1v) is 7.36. The second kappa shape index (κ2) is 5.91. The molecule has 0 aromatic heterocycles. The van der Waals surface area contributed by atoms with Crippen molar-refractivity contribution >= 4 is 5.91 Å². The van der Waals surface area contributed by atoms with E-state index in [9.17, 15) is 18.0 Å².